The van der Waals surface area contributed by atoms with Crippen LogP contribution in [0.1, 0.15) is 26.3 Å². The van der Waals surface area contributed by atoms with Gasteiger partial charge in [-0.1, -0.05) is 43.7 Å². The molecule has 0 saturated heterocycles. The number of aromatic nitrogens is 3. The molecule has 3 aromatic rings. The van der Waals surface area contributed by atoms with Crippen LogP contribution in [-0.4, -0.2) is 23.4 Å². The number of nitrogens with zero attached hydrogens (tertiary/aromatic N) is 3. The summed E-state index contributed by atoms with van der Waals surface area (Å²) in [7, 11) is -3.84. The van der Waals surface area contributed by atoms with E-state index >= 15 is 0 Å². The van der Waals surface area contributed by atoms with E-state index in [0.29, 0.717) is 22.2 Å². The molecule has 0 unspecified atom stereocenters. The van der Waals surface area contributed by atoms with E-state index < -0.39 is 10.0 Å². The second-order valence-corrected chi connectivity index (χ2v) is 10.5. The van der Waals surface area contributed by atoms with Crippen molar-refractivity contribution in [1.29, 1.82) is 0 Å². The number of anilines is 1. The Morgan fingerprint density at radius 1 is 1.22 bits per heavy atom. The summed E-state index contributed by atoms with van der Waals surface area (Å²) in [5.74, 6) is 0. The van der Waals surface area contributed by atoms with Crippen molar-refractivity contribution in [2.24, 2.45) is 5.41 Å². The first-order valence-electron chi connectivity index (χ1n) is 8.29. The van der Waals surface area contributed by atoms with Gasteiger partial charge < -0.3 is 0 Å². The van der Waals surface area contributed by atoms with Crippen LogP contribution < -0.4 is 4.72 Å². The molecule has 1 N–H and O–H groups in total. The average Bonchev–Trinajstić information content (AvgIpc) is 2.91. The first kappa shape index (κ1) is 20.1. The lowest BCUT2D eigenvalue weighted by atomic mass is 9.97. The SMILES string of the molecule is Cc1ccc(S(=O)(=O)Nc2ccc3c(nnn3CC(C)(C)C)c2Br)c(Cl)c1. The van der Waals surface area contributed by atoms with Gasteiger partial charge in [0.05, 0.1) is 20.7 Å². The monoisotopic (exact) mass is 470 g/mol. The highest BCUT2D eigenvalue weighted by molar-refractivity contribution is 9.10. The van der Waals surface area contributed by atoms with Crippen molar-refractivity contribution in [3.8, 4) is 0 Å². The molecule has 0 fully saturated rings. The Hall–Kier alpha value is -1.64. The van der Waals surface area contributed by atoms with Crippen molar-refractivity contribution in [3.63, 3.8) is 0 Å². The highest BCUT2D eigenvalue weighted by Crippen LogP contribution is 2.33. The summed E-state index contributed by atoms with van der Waals surface area (Å²) in [6, 6.07) is 8.31. The summed E-state index contributed by atoms with van der Waals surface area (Å²) in [6.45, 7) is 8.89. The zero-order valence-corrected chi connectivity index (χ0v) is 18.6. The molecule has 0 aliphatic rings. The van der Waals surface area contributed by atoms with Gasteiger partial charge in [0.15, 0.2) is 0 Å². The Morgan fingerprint density at radius 2 is 1.93 bits per heavy atom. The number of hydrogen-bond acceptors (Lipinski definition) is 4. The number of nitrogens with one attached hydrogen (secondary N) is 1. The van der Waals surface area contributed by atoms with Crippen molar-refractivity contribution >= 4 is 54.3 Å². The molecule has 0 bridgehead atoms. The van der Waals surface area contributed by atoms with Crippen molar-refractivity contribution in [3.05, 3.63) is 45.4 Å². The van der Waals surface area contributed by atoms with E-state index in [1.54, 1.807) is 24.3 Å². The highest BCUT2D eigenvalue weighted by Gasteiger charge is 2.22. The molecule has 0 aliphatic carbocycles. The summed E-state index contributed by atoms with van der Waals surface area (Å²) in [6.07, 6.45) is 0. The maximum Gasteiger partial charge on any atom is 0.263 e. The van der Waals surface area contributed by atoms with Gasteiger partial charge in [-0.3, -0.25) is 4.72 Å². The molecule has 0 saturated carbocycles. The molecule has 9 heteroatoms. The molecule has 0 spiro atoms. The zero-order valence-electron chi connectivity index (χ0n) is 15.4. The summed E-state index contributed by atoms with van der Waals surface area (Å²) in [4.78, 5) is 0.0261. The van der Waals surface area contributed by atoms with Crippen LogP contribution >= 0.6 is 27.5 Å². The van der Waals surface area contributed by atoms with E-state index in [0.717, 1.165) is 11.1 Å². The van der Waals surface area contributed by atoms with Gasteiger partial charge in [-0.05, 0) is 58.1 Å². The number of fused-ring (bicyclic) bond motifs is 1. The topological polar surface area (TPSA) is 76.9 Å². The first-order chi connectivity index (χ1) is 12.5. The van der Waals surface area contributed by atoms with Gasteiger partial charge in [-0.2, -0.15) is 0 Å². The number of benzene rings is 2. The Bertz CT molecular complexity index is 1120. The summed E-state index contributed by atoms with van der Waals surface area (Å²) >= 11 is 9.58. The standard InChI is InChI=1S/C18H20BrClN4O2S/c1-11-5-8-15(12(20)9-11)27(25,26)22-13-6-7-14-17(16(13)19)21-23-24(14)10-18(2,3)4/h5-9,22H,10H2,1-4H3. The van der Waals surface area contributed by atoms with Crippen molar-refractivity contribution in [2.75, 3.05) is 4.72 Å². The predicted molar refractivity (Wildman–Crippen MR) is 112 cm³/mol. The fourth-order valence-corrected chi connectivity index (χ4v) is 4.99. The third-order valence-corrected chi connectivity index (χ3v) is 6.52. The molecule has 1 aromatic heterocycles. The van der Waals surface area contributed by atoms with Crippen LogP contribution in [-0.2, 0) is 16.6 Å². The second-order valence-electron chi connectivity index (χ2n) is 7.64. The molecule has 0 amide bonds. The van der Waals surface area contributed by atoms with E-state index in [4.69, 9.17) is 11.6 Å². The van der Waals surface area contributed by atoms with Gasteiger partial charge in [0.25, 0.3) is 10.0 Å². The number of sulfonamides is 1. The van der Waals surface area contributed by atoms with E-state index in [9.17, 15) is 8.42 Å². The summed E-state index contributed by atoms with van der Waals surface area (Å²) in [5.41, 5.74) is 2.72. The average molecular weight is 472 g/mol. The molecular formula is C18H20BrClN4O2S. The first-order valence-corrected chi connectivity index (χ1v) is 10.9. The number of rotatable bonds is 4. The summed E-state index contributed by atoms with van der Waals surface area (Å²) in [5, 5.41) is 8.58. The van der Waals surface area contributed by atoms with Crippen LogP contribution in [0.2, 0.25) is 5.02 Å². The maximum absolute atomic E-state index is 12.8. The quantitative estimate of drug-likeness (QED) is 0.581. The van der Waals surface area contributed by atoms with Crippen molar-refractivity contribution in [2.45, 2.75) is 39.1 Å². The lowest BCUT2D eigenvalue weighted by Gasteiger charge is -2.18. The third kappa shape index (κ3) is 4.28. The van der Waals surface area contributed by atoms with E-state index in [1.807, 2.05) is 11.6 Å². The maximum atomic E-state index is 12.8. The van der Waals surface area contributed by atoms with Crippen LogP contribution in [0, 0.1) is 12.3 Å². The molecule has 0 atom stereocenters. The van der Waals surface area contributed by atoms with Crippen molar-refractivity contribution < 1.29 is 8.42 Å². The van der Waals surface area contributed by atoms with E-state index in [2.05, 4.69) is 51.7 Å². The van der Waals surface area contributed by atoms with Gasteiger partial charge >= 0.3 is 0 Å². The van der Waals surface area contributed by atoms with Gasteiger partial charge in [0, 0.05) is 6.54 Å². The molecule has 0 radical (unpaired) electrons. The normalized spacial score (nSPS) is 12.5. The van der Waals surface area contributed by atoms with Crippen LogP contribution in [0.3, 0.4) is 0 Å². The Kier molecular flexibility index (Phi) is 5.26. The zero-order chi connectivity index (χ0) is 20.0. The fraction of sp³-hybridized carbons (Fsp3) is 0.333. The molecule has 0 aliphatic heterocycles. The van der Waals surface area contributed by atoms with Crippen LogP contribution in [0.15, 0.2) is 39.7 Å². The van der Waals surface area contributed by atoms with E-state index in [1.165, 1.54) is 6.07 Å². The van der Waals surface area contributed by atoms with Crippen molar-refractivity contribution in [1.82, 2.24) is 15.0 Å². The largest absolute Gasteiger partial charge is 0.278 e. The third-order valence-electron chi connectivity index (χ3n) is 3.87. The minimum Gasteiger partial charge on any atom is -0.278 e. The van der Waals surface area contributed by atoms with Gasteiger partial charge in [-0.25, -0.2) is 13.1 Å². The summed E-state index contributed by atoms with van der Waals surface area (Å²) < 4.78 is 30.4. The minimum absolute atomic E-state index is 0.0261. The number of halogens is 2. The lowest BCUT2D eigenvalue weighted by molar-refractivity contribution is 0.327. The molecule has 27 heavy (non-hydrogen) atoms. The van der Waals surface area contributed by atoms with Gasteiger partial charge in [0.1, 0.15) is 10.4 Å². The molecule has 3 rings (SSSR count). The number of hydrogen-bond donors (Lipinski definition) is 1. The van der Waals surface area contributed by atoms with Crippen LogP contribution in [0.5, 0.6) is 0 Å². The van der Waals surface area contributed by atoms with Gasteiger partial charge in [0.2, 0.25) is 0 Å². The second kappa shape index (κ2) is 7.07. The smallest absolute Gasteiger partial charge is 0.263 e. The highest BCUT2D eigenvalue weighted by atomic mass is 79.9. The molecule has 144 valence electrons. The van der Waals surface area contributed by atoms with Crippen LogP contribution in [0.25, 0.3) is 11.0 Å². The van der Waals surface area contributed by atoms with Gasteiger partial charge in [-0.15, -0.1) is 5.10 Å². The molecular weight excluding hydrogens is 452 g/mol. The molecule has 1 heterocycles. The predicted octanol–water partition coefficient (Wildman–Crippen LogP) is 5.00. The van der Waals surface area contributed by atoms with E-state index in [-0.39, 0.29) is 15.3 Å². The number of aryl methyl sites for hydroxylation is 1. The molecule has 2 aromatic carbocycles. The lowest BCUT2D eigenvalue weighted by Crippen LogP contribution is -2.16. The Balaban J connectivity index is 1.99. The Labute approximate surface area is 172 Å². The van der Waals surface area contributed by atoms with Crippen LogP contribution in [0.4, 0.5) is 5.69 Å². The fourth-order valence-electron chi connectivity index (χ4n) is 2.67. The minimum atomic E-state index is -3.84. The Morgan fingerprint density at radius 3 is 2.56 bits per heavy atom. The molecule has 6 nitrogen and oxygen atoms in total.